The molecule has 0 aromatic heterocycles. The fraction of sp³-hybridized carbons (Fsp3) is 1.00. The van der Waals surface area contributed by atoms with Crippen LogP contribution >= 0.6 is 0 Å². The van der Waals surface area contributed by atoms with E-state index in [0.29, 0.717) is 5.54 Å². The van der Waals surface area contributed by atoms with E-state index < -0.39 is 0 Å². The maximum absolute atomic E-state index is 5.01. The second kappa shape index (κ2) is 4.97. The molecule has 0 aromatic carbocycles. The van der Waals surface area contributed by atoms with Gasteiger partial charge in [0.15, 0.2) is 0 Å². The van der Waals surface area contributed by atoms with Gasteiger partial charge in [0.05, 0.1) is 0 Å². The number of rotatable bonds is 7. The number of nitrogens with one attached hydrogen (secondary N) is 1. The molecule has 0 bridgehead atoms. The van der Waals surface area contributed by atoms with Crippen molar-refractivity contribution in [2.45, 2.75) is 45.1 Å². The number of hydrogen-bond acceptors (Lipinski definition) is 2. The lowest BCUT2D eigenvalue weighted by Gasteiger charge is -2.26. The Kier molecular flexibility index (Phi) is 4.20. The molecule has 1 aliphatic carbocycles. The van der Waals surface area contributed by atoms with Gasteiger partial charge in [0.25, 0.3) is 0 Å². The molecule has 1 aliphatic rings. The normalized spacial score (nSPS) is 17.8. The van der Waals surface area contributed by atoms with E-state index in [-0.39, 0.29) is 0 Å². The number of methoxy groups -OCH3 is 1. The summed E-state index contributed by atoms with van der Waals surface area (Å²) in [6, 6.07) is 0. The van der Waals surface area contributed by atoms with Gasteiger partial charge in [0, 0.05) is 19.3 Å². The molecule has 2 heteroatoms. The third-order valence-corrected chi connectivity index (χ3v) is 2.95. The maximum Gasteiger partial charge on any atom is 0.0462 e. The largest absolute Gasteiger partial charge is 0.385 e. The highest BCUT2D eigenvalue weighted by atomic mass is 16.5. The molecule has 1 rings (SSSR count). The van der Waals surface area contributed by atoms with Crippen molar-refractivity contribution in [3.8, 4) is 0 Å². The molecule has 0 atom stereocenters. The van der Waals surface area contributed by atoms with Gasteiger partial charge in [-0.25, -0.2) is 0 Å². The molecule has 1 saturated carbocycles. The fourth-order valence-electron chi connectivity index (χ4n) is 1.73. The molecule has 0 spiro atoms. The van der Waals surface area contributed by atoms with Gasteiger partial charge in [0.1, 0.15) is 0 Å². The van der Waals surface area contributed by atoms with Crippen molar-refractivity contribution in [1.29, 1.82) is 0 Å². The van der Waals surface area contributed by atoms with Gasteiger partial charge in [-0.3, -0.25) is 0 Å². The molecule has 1 N–H and O–H groups in total. The first-order valence-electron chi connectivity index (χ1n) is 5.41. The molecule has 0 aromatic rings. The Morgan fingerprint density at radius 1 is 1.31 bits per heavy atom. The van der Waals surface area contributed by atoms with Crippen molar-refractivity contribution in [2.75, 3.05) is 20.3 Å². The second-order valence-electron chi connectivity index (χ2n) is 4.62. The summed E-state index contributed by atoms with van der Waals surface area (Å²) in [5.41, 5.74) is 0.368. The zero-order chi connectivity index (χ0) is 9.73. The van der Waals surface area contributed by atoms with Crippen LogP contribution in [0.3, 0.4) is 0 Å². The molecule has 78 valence electrons. The van der Waals surface area contributed by atoms with Gasteiger partial charge in [-0.2, -0.15) is 0 Å². The Balaban J connectivity index is 1.97. The average molecular weight is 185 g/mol. The minimum Gasteiger partial charge on any atom is -0.385 e. The molecular formula is C11H23NO. The van der Waals surface area contributed by atoms with E-state index in [2.05, 4.69) is 19.2 Å². The number of unbranched alkanes of at least 4 members (excludes halogenated alkanes) is 1. The molecule has 0 unspecified atom stereocenters. The van der Waals surface area contributed by atoms with Crippen molar-refractivity contribution in [1.82, 2.24) is 5.32 Å². The topological polar surface area (TPSA) is 21.3 Å². The van der Waals surface area contributed by atoms with Crippen LogP contribution in [-0.4, -0.2) is 25.8 Å². The van der Waals surface area contributed by atoms with Crippen molar-refractivity contribution < 1.29 is 4.74 Å². The summed E-state index contributed by atoms with van der Waals surface area (Å²) in [5.74, 6) is 0.926. The maximum atomic E-state index is 5.01. The van der Waals surface area contributed by atoms with Crippen molar-refractivity contribution in [3.63, 3.8) is 0 Å². The minimum absolute atomic E-state index is 0.368. The van der Waals surface area contributed by atoms with Crippen LogP contribution in [0.25, 0.3) is 0 Å². The summed E-state index contributed by atoms with van der Waals surface area (Å²) < 4.78 is 5.01. The number of hydrogen-bond donors (Lipinski definition) is 1. The van der Waals surface area contributed by atoms with E-state index in [4.69, 9.17) is 4.74 Å². The summed E-state index contributed by atoms with van der Waals surface area (Å²) >= 11 is 0. The molecule has 0 saturated heterocycles. The molecule has 0 heterocycles. The fourth-order valence-corrected chi connectivity index (χ4v) is 1.73. The van der Waals surface area contributed by atoms with Gasteiger partial charge >= 0.3 is 0 Å². The first-order chi connectivity index (χ1) is 6.17. The Morgan fingerprint density at radius 2 is 2.00 bits per heavy atom. The van der Waals surface area contributed by atoms with Crippen molar-refractivity contribution >= 4 is 0 Å². The van der Waals surface area contributed by atoms with Crippen LogP contribution in [-0.2, 0) is 4.74 Å². The van der Waals surface area contributed by atoms with Crippen molar-refractivity contribution in [3.05, 3.63) is 0 Å². The van der Waals surface area contributed by atoms with E-state index in [1.54, 1.807) is 7.11 Å². The Bertz CT molecular complexity index is 141. The minimum atomic E-state index is 0.368. The molecule has 1 fully saturated rings. The van der Waals surface area contributed by atoms with Gasteiger partial charge in [-0.1, -0.05) is 0 Å². The Labute approximate surface area is 82.0 Å². The van der Waals surface area contributed by atoms with Crippen LogP contribution < -0.4 is 5.32 Å². The highest BCUT2D eigenvalue weighted by Crippen LogP contribution is 2.39. The molecule has 2 nitrogen and oxygen atoms in total. The summed E-state index contributed by atoms with van der Waals surface area (Å²) in [4.78, 5) is 0. The summed E-state index contributed by atoms with van der Waals surface area (Å²) in [7, 11) is 1.77. The zero-order valence-electron chi connectivity index (χ0n) is 9.23. The van der Waals surface area contributed by atoms with E-state index >= 15 is 0 Å². The second-order valence-corrected chi connectivity index (χ2v) is 4.62. The number of ether oxygens (including phenoxy) is 1. The van der Waals surface area contributed by atoms with Crippen molar-refractivity contribution in [2.24, 2.45) is 5.92 Å². The SMILES string of the molecule is COCCCCNC(C)(C)C1CC1. The first-order valence-corrected chi connectivity index (χ1v) is 5.41. The van der Waals surface area contributed by atoms with Crippen LogP contribution in [0.4, 0.5) is 0 Å². The van der Waals surface area contributed by atoms with E-state index in [1.165, 1.54) is 25.7 Å². The quantitative estimate of drug-likeness (QED) is 0.614. The lowest BCUT2D eigenvalue weighted by atomic mass is 9.99. The summed E-state index contributed by atoms with van der Waals surface area (Å²) in [5, 5.41) is 3.62. The lowest BCUT2D eigenvalue weighted by molar-refractivity contribution is 0.191. The highest BCUT2D eigenvalue weighted by Gasteiger charge is 2.36. The van der Waals surface area contributed by atoms with E-state index in [9.17, 15) is 0 Å². The van der Waals surface area contributed by atoms with Crippen LogP contribution in [0.15, 0.2) is 0 Å². The van der Waals surface area contributed by atoms with Crippen LogP contribution in [0.2, 0.25) is 0 Å². The van der Waals surface area contributed by atoms with Gasteiger partial charge in [-0.05, 0) is 52.0 Å². The third kappa shape index (κ3) is 4.10. The summed E-state index contributed by atoms with van der Waals surface area (Å²) in [6.07, 6.45) is 5.23. The molecule has 0 aliphatic heterocycles. The van der Waals surface area contributed by atoms with Crippen LogP contribution in [0.5, 0.6) is 0 Å². The summed E-state index contributed by atoms with van der Waals surface area (Å²) in [6.45, 7) is 6.67. The first kappa shape index (κ1) is 11.0. The Morgan fingerprint density at radius 3 is 2.54 bits per heavy atom. The van der Waals surface area contributed by atoms with Crippen LogP contribution in [0, 0.1) is 5.92 Å². The standard InChI is InChI=1S/C11H23NO/c1-11(2,10-6-7-10)12-8-4-5-9-13-3/h10,12H,4-9H2,1-3H3. The molecule has 0 radical (unpaired) electrons. The highest BCUT2D eigenvalue weighted by molar-refractivity contribution is 4.94. The van der Waals surface area contributed by atoms with E-state index in [1.807, 2.05) is 0 Å². The van der Waals surface area contributed by atoms with Crippen LogP contribution in [0.1, 0.15) is 39.5 Å². The molecule has 13 heavy (non-hydrogen) atoms. The van der Waals surface area contributed by atoms with Gasteiger partial charge < -0.3 is 10.1 Å². The van der Waals surface area contributed by atoms with E-state index in [0.717, 1.165) is 19.1 Å². The van der Waals surface area contributed by atoms with Gasteiger partial charge in [0.2, 0.25) is 0 Å². The molecular weight excluding hydrogens is 162 g/mol. The predicted molar refractivity (Wildman–Crippen MR) is 55.9 cm³/mol. The zero-order valence-corrected chi connectivity index (χ0v) is 9.23. The monoisotopic (exact) mass is 185 g/mol. The molecule has 0 amide bonds. The van der Waals surface area contributed by atoms with Gasteiger partial charge in [-0.15, -0.1) is 0 Å². The average Bonchev–Trinajstić information content (AvgIpc) is 2.86. The third-order valence-electron chi connectivity index (χ3n) is 2.95. The predicted octanol–water partition coefficient (Wildman–Crippen LogP) is 2.19. The Hall–Kier alpha value is -0.0800. The smallest absolute Gasteiger partial charge is 0.0462 e. The lowest BCUT2D eigenvalue weighted by Crippen LogP contribution is -2.41.